The van der Waals surface area contributed by atoms with Crippen LogP contribution in [-0.2, 0) is 11.3 Å². The van der Waals surface area contributed by atoms with Gasteiger partial charge in [0, 0.05) is 17.1 Å². The molecule has 3 rings (SSSR count). The molecule has 0 spiro atoms. The van der Waals surface area contributed by atoms with Gasteiger partial charge in [-0.3, -0.25) is 14.2 Å². The number of rotatable bonds is 3. The number of thiazole rings is 1. The molecule has 4 nitrogen and oxygen atoms in total. The van der Waals surface area contributed by atoms with Gasteiger partial charge in [-0.25, -0.2) is 0 Å². The molecule has 1 heterocycles. The Hall–Kier alpha value is -1.10. The van der Waals surface area contributed by atoms with E-state index in [2.05, 4.69) is 26.1 Å². The number of carbonyl (C=O) groups excluding carboxylic acids is 1. The molecular weight excluding hydrogens is 284 g/mol. The van der Waals surface area contributed by atoms with E-state index in [-0.39, 0.29) is 28.8 Å². The van der Waals surface area contributed by atoms with Crippen molar-refractivity contribution in [2.75, 3.05) is 0 Å². The number of carbonyl (C=O) groups is 1. The van der Waals surface area contributed by atoms with Crippen molar-refractivity contribution in [1.29, 1.82) is 0 Å². The summed E-state index contributed by atoms with van der Waals surface area (Å²) in [6.07, 6.45) is 3.54. The minimum absolute atomic E-state index is 0.0341. The molecule has 116 valence electrons. The molecule has 1 amide bonds. The number of nitrogens with one attached hydrogen (secondary N) is 1. The van der Waals surface area contributed by atoms with Crippen molar-refractivity contribution in [2.45, 2.75) is 59.5 Å². The molecule has 0 radical (unpaired) electrons. The zero-order valence-electron chi connectivity index (χ0n) is 13.2. The summed E-state index contributed by atoms with van der Waals surface area (Å²) in [7, 11) is 0. The lowest BCUT2D eigenvalue weighted by molar-refractivity contribution is -0.123. The van der Waals surface area contributed by atoms with Crippen LogP contribution in [0.3, 0.4) is 0 Å². The van der Waals surface area contributed by atoms with Crippen LogP contribution in [0.4, 0.5) is 0 Å². The Morgan fingerprint density at radius 2 is 2.19 bits per heavy atom. The van der Waals surface area contributed by atoms with Crippen molar-refractivity contribution in [2.24, 2.45) is 16.7 Å². The summed E-state index contributed by atoms with van der Waals surface area (Å²) in [5.74, 6) is 0.673. The maximum Gasteiger partial charge on any atom is 0.307 e. The van der Waals surface area contributed by atoms with Crippen LogP contribution in [0.15, 0.2) is 10.2 Å². The quantitative estimate of drug-likeness (QED) is 0.933. The monoisotopic (exact) mass is 308 g/mol. The second-order valence-corrected chi connectivity index (χ2v) is 8.28. The summed E-state index contributed by atoms with van der Waals surface area (Å²) in [5.41, 5.74) is 1.34. The van der Waals surface area contributed by atoms with Crippen LogP contribution < -0.4 is 10.2 Å². The minimum Gasteiger partial charge on any atom is -0.351 e. The van der Waals surface area contributed by atoms with Crippen molar-refractivity contribution in [3.8, 4) is 0 Å². The highest BCUT2D eigenvalue weighted by molar-refractivity contribution is 7.07. The summed E-state index contributed by atoms with van der Waals surface area (Å²) in [4.78, 5) is 24.0. The third kappa shape index (κ3) is 2.08. The zero-order valence-corrected chi connectivity index (χ0v) is 14.0. The number of hydrogen-bond acceptors (Lipinski definition) is 3. The van der Waals surface area contributed by atoms with Crippen molar-refractivity contribution < 1.29 is 4.79 Å². The number of amides is 1. The number of fused-ring (bicyclic) bond motifs is 2. The fourth-order valence-corrected chi connectivity index (χ4v) is 5.14. The Morgan fingerprint density at radius 3 is 2.67 bits per heavy atom. The molecule has 0 aliphatic heterocycles. The molecule has 5 heteroatoms. The molecule has 2 fully saturated rings. The Labute approximate surface area is 129 Å². The molecule has 1 N–H and O–H groups in total. The Bertz CT molecular complexity index is 630. The first-order valence-corrected chi connectivity index (χ1v) is 8.58. The number of hydrogen-bond donors (Lipinski definition) is 1. The summed E-state index contributed by atoms with van der Waals surface area (Å²) in [6, 6.07) is 0.244. The summed E-state index contributed by atoms with van der Waals surface area (Å²) in [6.45, 7) is 9.00. The second kappa shape index (κ2) is 4.70. The Morgan fingerprint density at radius 1 is 1.48 bits per heavy atom. The van der Waals surface area contributed by atoms with E-state index in [1.165, 1.54) is 12.8 Å². The van der Waals surface area contributed by atoms with Gasteiger partial charge in [0.25, 0.3) is 0 Å². The summed E-state index contributed by atoms with van der Waals surface area (Å²) < 4.78 is 1.56. The van der Waals surface area contributed by atoms with E-state index >= 15 is 0 Å². The standard InChI is InChI=1S/C16H24N2O2S/c1-10-9-21-14(20)18(10)8-13(19)17-12-7-11-5-6-16(12,4)15(11,2)3/h9,11-12H,5-8H2,1-4H3,(H,17,19). The normalized spacial score (nSPS) is 33.3. The van der Waals surface area contributed by atoms with Crippen molar-refractivity contribution in [3.05, 3.63) is 20.7 Å². The molecule has 2 saturated carbocycles. The zero-order chi connectivity index (χ0) is 15.4. The van der Waals surface area contributed by atoms with E-state index in [1.807, 2.05) is 6.92 Å². The van der Waals surface area contributed by atoms with E-state index in [0.29, 0.717) is 11.3 Å². The van der Waals surface area contributed by atoms with Crippen molar-refractivity contribution in [3.63, 3.8) is 0 Å². The van der Waals surface area contributed by atoms with Gasteiger partial charge in [0.1, 0.15) is 6.54 Å². The fraction of sp³-hybridized carbons (Fsp3) is 0.750. The third-order valence-corrected chi connectivity index (χ3v) is 7.29. The van der Waals surface area contributed by atoms with Crippen LogP contribution in [0.5, 0.6) is 0 Å². The Balaban J connectivity index is 1.71. The molecular formula is C16H24N2O2S. The summed E-state index contributed by atoms with van der Waals surface area (Å²) >= 11 is 1.15. The van der Waals surface area contributed by atoms with Crippen molar-refractivity contribution in [1.82, 2.24) is 9.88 Å². The molecule has 3 atom stereocenters. The smallest absolute Gasteiger partial charge is 0.307 e. The van der Waals surface area contributed by atoms with Crippen molar-refractivity contribution >= 4 is 17.2 Å². The van der Waals surface area contributed by atoms with Crippen LogP contribution >= 0.6 is 11.3 Å². The number of aromatic nitrogens is 1. The SMILES string of the molecule is Cc1csc(=O)n1CC(=O)NC1CC2CCC1(C)C2(C)C. The van der Waals surface area contributed by atoms with Gasteiger partial charge in [-0.2, -0.15) is 0 Å². The summed E-state index contributed by atoms with van der Waals surface area (Å²) in [5, 5.41) is 5.01. The second-order valence-electron chi connectivity index (χ2n) is 7.46. The van der Waals surface area contributed by atoms with E-state index in [4.69, 9.17) is 0 Å². The highest BCUT2D eigenvalue weighted by atomic mass is 32.1. The van der Waals surface area contributed by atoms with Gasteiger partial charge in [0.15, 0.2) is 0 Å². The van der Waals surface area contributed by atoms with Gasteiger partial charge in [0.05, 0.1) is 0 Å². The average molecular weight is 308 g/mol. The van der Waals surface area contributed by atoms with E-state index in [0.717, 1.165) is 23.5 Å². The predicted octanol–water partition coefficient (Wildman–Crippen LogP) is 2.55. The lowest BCUT2D eigenvalue weighted by atomic mass is 9.69. The molecule has 1 aromatic rings. The molecule has 21 heavy (non-hydrogen) atoms. The highest BCUT2D eigenvalue weighted by Crippen LogP contribution is 2.65. The van der Waals surface area contributed by atoms with Crippen LogP contribution in [0.1, 0.15) is 45.7 Å². The maximum absolute atomic E-state index is 12.3. The molecule has 2 aliphatic carbocycles. The average Bonchev–Trinajstić information content (AvgIpc) is 2.89. The highest BCUT2D eigenvalue weighted by Gasteiger charge is 2.61. The van der Waals surface area contributed by atoms with Crippen LogP contribution in [0.25, 0.3) is 0 Å². The molecule has 1 aromatic heterocycles. The third-order valence-electron chi connectivity index (χ3n) is 6.41. The van der Waals surface area contributed by atoms with Crippen LogP contribution in [0, 0.1) is 23.7 Å². The van der Waals surface area contributed by atoms with Gasteiger partial charge >= 0.3 is 4.87 Å². The minimum atomic E-state index is -0.0536. The first-order valence-electron chi connectivity index (χ1n) is 7.70. The molecule has 2 bridgehead atoms. The van der Waals surface area contributed by atoms with E-state index < -0.39 is 0 Å². The van der Waals surface area contributed by atoms with Gasteiger partial charge in [-0.05, 0) is 42.9 Å². The van der Waals surface area contributed by atoms with E-state index in [1.54, 1.807) is 9.95 Å². The van der Waals surface area contributed by atoms with Gasteiger partial charge in [-0.15, -0.1) is 0 Å². The predicted molar refractivity (Wildman–Crippen MR) is 84.5 cm³/mol. The molecule has 0 aromatic carbocycles. The number of nitrogens with zero attached hydrogens (tertiary/aromatic N) is 1. The lowest BCUT2D eigenvalue weighted by Gasteiger charge is -2.39. The number of aryl methyl sites for hydroxylation is 1. The molecule has 2 aliphatic rings. The molecule has 3 unspecified atom stereocenters. The van der Waals surface area contributed by atoms with Gasteiger partial charge in [0.2, 0.25) is 5.91 Å². The maximum atomic E-state index is 12.3. The largest absolute Gasteiger partial charge is 0.351 e. The van der Waals surface area contributed by atoms with Crippen LogP contribution in [0.2, 0.25) is 0 Å². The van der Waals surface area contributed by atoms with E-state index in [9.17, 15) is 9.59 Å². The first-order chi connectivity index (χ1) is 9.75. The molecule has 0 saturated heterocycles. The topological polar surface area (TPSA) is 51.1 Å². The van der Waals surface area contributed by atoms with Gasteiger partial charge in [-0.1, -0.05) is 32.1 Å². The van der Waals surface area contributed by atoms with Gasteiger partial charge < -0.3 is 5.32 Å². The fourth-order valence-electron chi connectivity index (χ4n) is 4.40. The first kappa shape index (κ1) is 14.8. The lowest BCUT2D eigenvalue weighted by Crippen LogP contribution is -2.48. The van der Waals surface area contributed by atoms with Crippen LogP contribution in [-0.4, -0.2) is 16.5 Å². The Kier molecular flexibility index (Phi) is 3.32.